The molecule has 8 nitrogen and oxygen atoms in total. The first-order valence-corrected chi connectivity index (χ1v) is 7.60. The molecule has 0 fully saturated rings. The lowest BCUT2D eigenvalue weighted by atomic mass is 9.86. The predicted octanol–water partition coefficient (Wildman–Crippen LogP) is -0.202. The molecule has 2 amide bonds. The van der Waals surface area contributed by atoms with E-state index in [0.717, 1.165) is 19.8 Å². The molecular weight excluding hydrogens is 328 g/mol. The Kier molecular flexibility index (Phi) is 7.58. The van der Waals surface area contributed by atoms with E-state index in [-0.39, 0.29) is 6.42 Å². The van der Waals surface area contributed by atoms with Crippen molar-refractivity contribution in [1.82, 2.24) is 5.32 Å². The van der Waals surface area contributed by atoms with Gasteiger partial charge in [-0.2, -0.15) is 0 Å². The fourth-order valence-corrected chi connectivity index (χ4v) is 2.44. The molecule has 1 rings (SSSR count). The number of hydrogen-bond acceptors (Lipinski definition) is 6. The van der Waals surface area contributed by atoms with E-state index in [9.17, 15) is 19.2 Å². The molecule has 0 unspecified atom stereocenters. The summed E-state index contributed by atoms with van der Waals surface area (Å²) >= 11 is 0. The minimum absolute atomic E-state index is 0.0262. The molecule has 0 aliphatic carbocycles. The number of primary amides is 1. The van der Waals surface area contributed by atoms with Crippen LogP contribution in [-0.2, 0) is 35.1 Å². The zero-order chi connectivity index (χ0) is 19.0. The molecule has 2 atom stereocenters. The van der Waals surface area contributed by atoms with E-state index in [2.05, 4.69) is 14.8 Å². The molecule has 0 heterocycles. The minimum Gasteiger partial charge on any atom is -0.468 e. The standard InChI is InChI=1S/C17H22N2O6/c1-10(13(16(22)24-2)17(23)25-3)14(15(18)21)19-12(20)9-11-7-5-4-6-8-11/h4-8,10,13-14H,9H2,1-3H3,(H2,18,21)(H,19,20)/t10-,14+/m1/s1. The predicted molar refractivity (Wildman–Crippen MR) is 88.0 cm³/mol. The summed E-state index contributed by atoms with van der Waals surface area (Å²) in [6, 6.07) is 7.65. The van der Waals surface area contributed by atoms with Gasteiger partial charge in [0.1, 0.15) is 6.04 Å². The van der Waals surface area contributed by atoms with Crippen LogP contribution in [0.2, 0.25) is 0 Å². The van der Waals surface area contributed by atoms with Crippen molar-refractivity contribution in [3.8, 4) is 0 Å². The Balaban J connectivity index is 2.93. The van der Waals surface area contributed by atoms with Crippen LogP contribution in [0.1, 0.15) is 12.5 Å². The van der Waals surface area contributed by atoms with E-state index < -0.39 is 41.6 Å². The van der Waals surface area contributed by atoms with Crippen LogP contribution in [0.25, 0.3) is 0 Å². The zero-order valence-electron chi connectivity index (χ0n) is 14.4. The van der Waals surface area contributed by atoms with Crippen LogP contribution in [0.5, 0.6) is 0 Å². The van der Waals surface area contributed by atoms with Crippen molar-refractivity contribution in [2.45, 2.75) is 19.4 Å². The molecule has 1 aromatic rings. The van der Waals surface area contributed by atoms with E-state index in [1.165, 1.54) is 6.92 Å². The third kappa shape index (κ3) is 5.59. The van der Waals surface area contributed by atoms with Crippen LogP contribution < -0.4 is 11.1 Å². The maximum atomic E-state index is 12.2. The van der Waals surface area contributed by atoms with Gasteiger partial charge in [-0.3, -0.25) is 19.2 Å². The first-order valence-electron chi connectivity index (χ1n) is 7.60. The molecule has 0 aliphatic heterocycles. The van der Waals surface area contributed by atoms with Crippen molar-refractivity contribution in [3.05, 3.63) is 35.9 Å². The van der Waals surface area contributed by atoms with E-state index in [0.29, 0.717) is 0 Å². The average molecular weight is 350 g/mol. The number of nitrogens with two attached hydrogens (primary N) is 1. The molecule has 0 bridgehead atoms. The van der Waals surface area contributed by atoms with Gasteiger partial charge < -0.3 is 20.5 Å². The van der Waals surface area contributed by atoms with E-state index in [1.54, 1.807) is 24.3 Å². The van der Waals surface area contributed by atoms with Crippen molar-refractivity contribution in [2.75, 3.05) is 14.2 Å². The van der Waals surface area contributed by atoms with Crippen LogP contribution in [0.4, 0.5) is 0 Å². The van der Waals surface area contributed by atoms with Gasteiger partial charge in [0, 0.05) is 5.92 Å². The fraction of sp³-hybridized carbons (Fsp3) is 0.412. The van der Waals surface area contributed by atoms with E-state index >= 15 is 0 Å². The number of nitrogens with one attached hydrogen (secondary N) is 1. The van der Waals surface area contributed by atoms with Gasteiger partial charge >= 0.3 is 11.9 Å². The molecule has 0 aromatic heterocycles. The van der Waals surface area contributed by atoms with Gasteiger partial charge in [-0.25, -0.2) is 0 Å². The monoisotopic (exact) mass is 350 g/mol. The molecule has 3 N–H and O–H groups in total. The number of amides is 2. The molecule has 0 saturated heterocycles. The molecule has 0 aliphatic rings. The summed E-state index contributed by atoms with van der Waals surface area (Å²) in [7, 11) is 2.22. The number of hydrogen-bond donors (Lipinski definition) is 2. The maximum absolute atomic E-state index is 12.2. The second-order valence-electron chi connectivity index (χ2n) is 5.49. The third-order valence-corrected chi connectivity index (χ3v) is 3.79. The van der Waals surface area contributed by atoms with Crippen molar-refractivity contribution in [1.29, 1.82) is 0 Å². The van der Waals surface area contributed by atoms with Crippen LogP contribution in [0, 0.1) is 11.8 Å². The van der Waals surface area contributed by atoms with E-state index in [1.807, 2.05) is 6.07 Å². The summed E-state index contributed by atoms with van der Waals surface area (Å²) in [4.78, 5) is 47.7. The van der Waals surface area contributed by atoms with Crippen LogP contribution >= 0.6 is 0 Å². The Hall–Kier alpha value is -2.90. The lowest BCUT2D eigenvalue weighted by Crippen LogP contribution is -2.53. The summed E-state index contributed by atoms with van der Waals surface area (Å²) in [5.41, 5.74) is 6.09. The Morgan fingerprint density at radius 3 is 2.00 bits per heavy atom. The highest BCUT2D eigenvalue weighted by molar-refractivity contribution is 5.97. The Morgan fingerprint density at radius 2 is 1.56 bits per heavy atom. The highest BCUT2D eigenvalue weighted by atomic mass is 16.5. The Labute approximate surface area is 145 Å². The minimum atomic E-state index is -1.38. The Bertz CT molecular complexity index is 615. The van der Waals surface area contributed by atoms with Gasteiger partial charge in [0.25, 0.3) is 0 Å². The lowest BCUT2D eigenvalue weighted by molar-refractivity contribution is -0.162. The molecule has 0 spiro atoms. The second kappa shape index (κ2) is 9.41. The molecule has 1 aromatic carbocycles. The maximum Gasteiger partial charge on any atom is 0.320 e. The molecule has 136 valence electrons. The van der Waals surface area contributed by atoms with Crippen LogP contribution in [-0.4, -0.2) is 44.0 Å². The van der Waals surface area contributed by atoms with Crippen LogP contribution in [0.3, 0.4) is 0 Å². The van der Waals surface area contributed by atoms with Gasteiger partial charge in [0.05, 0.1) is 20.6 Å². The topological polar surface area (TPSA) is 125 Å². The number of carbonyl (C=O) groups excluding carboxylic acids is 4. The summed E-state index contributed by atoms with van der Waals surface area (Å²) in [6.45, 7) is 1.44. The number of carbonyl (C=O) groups is 4. The highest BCUT2D eigenvalue weighted by Gasteiger charge is 2.41. The number of ether oxygens (including phenoxy) is 2. The third-order valence-electron chi connectivity index (χ3n) is 3.79. The van der Waals surface area contributed by atoms with Gasteiger partial charge in [-0.15, -0.1) is 0 Å². The lowest BCUT2D eigenvalue weighted by Gasteiger charge is -2.26. The van der Waals surface area contributed by atoms with Gasteiger partial charge in [0.15, 0.2) is 5.92 Å². The van der Waals surface area contributed by atoms with Gasteiger partial charge in [-0.1, -0.05) is 37.3 Å². The number of rotatable bonds is 8. The largest absolute Gasteiger partial charge is 0.468 e. The molecular formula is C17H22N2O6. The smallest absolute Gasteiger partial charge is 0.320 e. The fourth-order valence-electron chi connectivity index (χ4n) is 2.44. The summed E-state index contributed by atoms with van der Waals surface area (Å²) in [5.74, 6) is -5.41. The Morgan fingerprint density at radius 1 is 1.04 bits per heavy atom. The van der Waals surface area contributed by atoms with Gasteiger partial charge in [-0.05, 0) is 5.56 Å². The first kappa shape index (κ1) is 20.1. The molecule has 8 heteroatoms. The second-order valence-corrected chi connectivity index (χ2v) is 5.49. The molecule has 0 radical (unpaired) electrons. The van der Waals surface area contributed by atoms with Gasteiger partial charge in [0.2, 0.25) is 11.8 Å². The van der Waals surface area contributed by atoms with Crippen molar-refractivity contribution in [3.63, 3.8) is 0 Å². The summed E-state index contributed by atoms with van der Waals surface area (Å²) in [5, 5.41) is 2.47. The molecule has 25 heavy (non-hydrogen) atoms. The van der Waals surface area contributed by atoms with Crippen molar-refractivity contribution >= 4 is 23.8 Å². The SMILES string of the molecule is COC(=O)C(C(=O)OC)[C@@H](C)[C@H](NC(=O)Cc1ccccc1)C(N)=O. The summed E-state index contributed by atoms with van der Waals surface area (Å²) < 4.78 is 9.16. The zero-order valence-corrected chi connectivity index (χ0v) is 14.4. The number of benzene rings is 1. The van der Waals surface area contributed by atoms with Crippen molar-refractivity contribution < 1.29 is 28.7 Å². The van der Waals surface area contributed by atoms with Crippen LogP contribution in [0.15, 0.2) is 30.3 Å². The average Bonchev–Trinajstić information content (AvgIpc) is 2.59. The molecule has 0 saturated carbocycles. The normalized spacial score (nSPS) is 12.8. The number of methoxy groups -OCH3 is 2. The van der Waals surface area contributed by atoms with Crippen molar-refractivity contribution in [2.24, 2.45) is 17.6 Å². The van der Waals surface area contributed by atoms with E-state index in [4.69, 9.17) is 5.73 Å². The first-order chi connectivity index (χ1) is 11.8. The highest BCUT2D eigenvalue weighted by Crippen LogP contribution is 2.19. The quantitative estimate of drug-likeness (QED) is 0.494. The number of esters is 2. The summed E-state index contributed by atoms with van der Waals surface area (Å²) in [6.07, 6.45) is 0.0262.